The van der Waals surface area contributed by atoms with Crippen molar-refractivity contribution in [1.82, 2.24) is 15.1 Å². The highest BCUT2D eigenvalue weighted by Gasteiger charge is 2.32. The SMILES string of the molecule is N#Cc1cccc(CNC2COCC2n2nc(C3CC3)ccc2=O)c1. The Balaban J connectivity index is 1.50. The van der Waals surface area contributed by atoms with Crippen molar-refractivity contribution in [2.75, 3.05) is 13.2 Å². The minimum atomic E-state index is -0.106. The molecule has 1 saturated carbocycles. The number of nitriles is 1. The third-order valence-electron chi connectivity index (χ3n) is 4.83. The van der Waals surface area contributed by atoms with Crippen LogP contribution < -0.4 is 10.9 Å². The van der Waals surface area contributed by atoms with E-state index < -0.39 is 0 Å². The van der Waals surface area contributed by atoms with Gasteiger partial charge in [-0.05, 0) is 36.6 Å². The third kappa shape index (κ3) is 3.48. The molecule has 128 valence electrons. The fourth-order valence-electron chi connectivity index (χ4n) is 3.25. The van der Waals surface area contributed by atoms with Crippen LogP contribution in [0.2, 0.25) is 0 Å². The Bertz CT molecular complexity index is 866. The van der Waals surface area contributed by atoms with Gasteiger partial charge in [-0.2, -0.15) is 10.4 Å². The van der Waals surface area contributed by atoms with Gasteiger partial charge < -0.3 is 10.1 Å². The van der Waals surface area contributed by atoms with Gasteiger partial charge in [-0.15, -0.1) is 0 Å². The van der Waals surface area contributed by atoms with E-state index in [1.165, 1.54) is 0 Å². The Morgan fingerprint density at radius 3 is 2.96 bits per heavy atom. The van der Waals surface area contributed by atoms with Gasteiger partial charge in [0.2, 0.25) is 0 Å². The quantitative estimate of drug-likeness (QED) is 0.899. The first-order valence-corrected chi connectivity index (χ1v) is 8.64. The van der Waals surface area contributed by atoms with Crippen LogP contribution in [-0.2, 0) is 11.3 Å². The predicted molar refractivity (Wildman–Crippen MR) is 92.1 cm³/mol. The zero-order valence-corrected chi connectivity index (χ0v) is 13.9. The Kier molecular flexibility index (Phi) is 4.35. The van der Waals surface area contributed by atoms with Crippen molar-refractivity contribution < 1.29 is 4.74 Å². The van der Waals surface area contributed by atoms with Crippen molar-refractivity contribution in [3.05, 3.63) is 63.6 Å². The summed E-state index contributed by atoms with van der Waals surface area (Å²) in [5.41, 5.74) is 2.61. The van der Waals surface area contributed by atoms with Gasteiger partial charge in [0, 0.05) is 18.5 Å². The first kappa shape index (κ1) is 16.0. The maximum atomic E-state index is 12.3. The highest BCUT2D eigenvalue weighted by Crippen LogP contribution is 2.38. The zero-order valence-electron chi connectivity index (χ0n) is 13.9. The Morgan fingerprint density at radius 1 is 1.28 bits per heavy atom. The van der Waals surface area contributed by atoms with Crippen LogP contribution in [0.15, 0.2) is 41.2 Å². The normalized spacial score (nSPS) is 22.7. The standard InChI is InChI=1S/C19H20N4O2/c20-9-13-2-1-3-14(8-13)10-21-17-11-25-12-18(17)23-19(24)7-6-16(22-23)15-4-5-15/h1-3,6-8,15,17-18,21H,4-5,10-12H2. The minimum Gasteiger partial charge on any atom is -0.377 e. The maximum absolute atomic E-state index is 12.3. The van der Waals surface area contributed by atoms with Gasteiger partial charge in [0.05, 0.1) is 42.6 Å². The van der Waals surface area contributed by atoms with Crippen molar-refractivity contribution in [2.45, 2.75) is 37.4 Å². The van der Waals surface area contributed by atoms with Gasteiger partial charge in [0.25, 0.3) is 5.56 Å². The first-order valence-electron chi connectivity index (χ1n) is 8.64. The van der Waals surface area contributed by atoms with Gasteiger partial charge in [-0.25, -0.2) is 4.68 Å². The fourth-order valence-corrected chi connectivity index (χ4v) is 3.25. The molecule has 25 heavy (non-hydrogen) atoms. The lowest BCUT2D eigenvalue weighted by Gasteiger charge is -2.21. The molecule has 1 N–H and O–H groups in total. The number of nitrogens with one attached hydrogen (secondary N) is 1. The van der Waals surface area contributed by atoms with E-state index in [9.17, 15) is 4.79 Å². The van der Waals surface area contributed by atoms with E-state index in [0.717, 1.165) is 24.1 Å². The Hall–Kier alpha value is -2.49. The van der Waals surface area contributed by atoms with Crippen LogP contribution in [0.5, 0.6) is 0 Å². The summed E-state index contributed by atoms with van der Waals surface area (Å²) in [4.78, 5) is 12.3. The van der Waals surface area contributed by atoms with E-state index >= 15 is 0 Å². The van der Waals surface area contributed by atoms with E-state index in [2.05, 4.69) is 16.5 Å². The molecule has 1 aromatic heterocycles. The van der Waals surface area contributed by atoms with Crippen LogP contribution >= 0.6 is 0 Å². The highest BCUT2D eigenvalue weighted by molar-refractivity contribution is 5.32. The smallest absolute Gasteiger partial charge is 0.267 e. The molecule has 2 aromatic rings. The number of hydrogen-bond acceptors (Lipinski definition) is 5. The Morgan fingerprint density at radius 2 is 2.16 bits per heavy atom. The summed E-state index contributed by atoms with van der Waals surface area (Å²) in [6.07, 6.45) is 2.31. The molecule has 2 aliphatic rings. The fraction of sp³-hybridized carbons (Fsp3) is 0.421. The van der Waals surface area contributed by atoms with Crippen molar-refractivity contribution in [3.63, 3.8) is 0 Å². The van der Waals surface area contributed by atoms with Crippen molar-refractivity contribution in [1.29, 1.82) is 5.26 Å². The number of rotatable bonds is 5. The monoisotopic (exact) mass is 336 g/mol. The van der Waals surface area contributed by atoms with Gasteiger partial charge in [0.1, 0.15) is 0 Å². The van der Waals surface area contributed by atoms with Crippen molar-refractivity contribution in [2.24, 2.45) is 0 Å². The topological polar surface area (TPSA) is 79.9 Å². The second kappa shape index (κ2) is 6.79. The summed E-state index contributed by atoms with van der Waals surface area (Å²) in [7, 11) is 0. The lowest BCUT2D eigenvalue weighted by atomic mass is 10.1. The van der Waals surface area contributed by atoms with E-state index in [0.29, 0.717) is 31.2 Å². The molecule has 1 aliphatic heterocycles. The van der Waals surface area contributed by atoms with Crippen LogP contribution in [0.4, 0.5) is 0 Å². The summed E-state index contributed by atoms with van der Waals surface area (Å²) in [5.74, 6) is 0.509. The molecule has 6 heteroatoms. The van der Waals surface area contributed by atoms with Crippen molar-refractivity contribution >= 4 is 0 Å². The van der Waals surface area contributed by atoms with E-state index in [-0.39, 0.29) is 17.6 Å². The highest BCUT2D eigenvalue weighted by atomic mass is 16.5. The number of ether oxygens (including phenoxy) is 1. The molecule has 0 spiro atoms. The molecule has 1 aromatic carbocycles. The van der Waals surface area contributed by atoms with E-state index in [1.807, 2.05) is 24.3 Å². The second-order valence-corrected chi connectivity index (χ2v) is 6.72. The molecule has 2 heterocycles. The molecular formula is C19H20N4O2. The van der Waals surface area contributed by atoms with Crippen LogP contribution in [0.3, 0.4) is 0 Å². The molecule has 6 nitrogen and oxygen atoms in total. The van der Waals surface area contributed by atoms with Gasteiger partial charge in [-0.3, -0.25) is 4.79 Å². The summed E-state index contributed by atoms with van der Waals surface area (Å²) in [6, 6.07) is 13.1. The minimum absolute atomic E-state index is 0.0189. The van der Waals surface area contributed by atoms with Crippen LogP contribution in [0.25, 0.3) is 0 Å². The molecule has 1 aliphatic carbocycles. The molecular weight excluding hydrogens is 316 g/mol. The van der Waals surface area contributed by atoms with Crippen LogP contribution in [-0.4, -0.2) is 29.0 Å². The lowest BCUT2D eigenvalue weighted by Crippen LogP contribution is -2.41. The van der Waals surface area contributed by atoms with Crippen LogP contribution in [0.1, 0.15) is 41.6 Å². The average molecular weight is 336 g/mol. The molecule has 2 unspecified atom stereocenters. The van der Waals surface area contributed by atoms with Crippen LogP contribution in [0, 0.1) is 11.3 Å². The number of hydrogen-bond donors (Lipinski definition) is 1. The molecule has 2 atom stereocenters. The average Bonchev–Trinajstić information content (AvgIpc) is 3.39. The molecule has 1 saturated heterocycles. The summed E-state index contributed by atoms with van der Waals surface area (Å²) in [6.45, 7) is 1.65. The predicted octanol–water partition coefficient (Wildman–Crippen LogP) is 1.72. The van der Waals surface area contributed by atoms with Gasteiger partial charge in [0.15, 0.2) is 0 Å². The largest absolute Gasteiger partial charge is 0.377 e. The number of nitrogens with zero attached hydrogens (tertiary/aromatic N) is 3. The summed E-state index contributed by atoms with van der Waals surface area (Å²) < 4.78 is 7.20. The summed E-state index contributed by atoms with van der Waals surface area (Å²) >= 11 is 0. The van der Waals surface area contributed by atoms with Gasteiger partial charge >= 0.3 is 0 Å². The van der Waals surface area contributed by atoms with E-state index in [1.54, 1.807) is 16.8 Å². The van der Waals surface area contributed by atoms with Crippen molar-refractivity contribution in [3.8, 4) is 6.07 Å². The molecule has 2 fully saturated rings. The molecule has 0 amide bonds. The zero-order chi connectivity index (χ0) is 17.2. The molecule has 0 radical (unpaired) electrons. The second-order valence-electron chi connectivity index (χ2n) is 6.72. The van der Waals surface area contributed by atoms with E-state index in [4.69, 9.17) is 10.00 Å². The third-order valence-corrected chi connectivity index (χ3v) is 4.83. The Labute approximate surface area is 146 Å². The number of benzene rings is 1. The molecule has 0 bridgehead atoms. The number of aromatic nitrogens is 2. The molecule has 4 rings (SSSR count). The lowest BCUT2D eigenvalue weighted by molar-refractivity contribution is 0.180. The van der Waals surface area contributed by atoms with Gasteiger partial charge in [-0.1, -0.05) is 12.1 Å². The summed E-state index contributed by atoms with van der Waals surface area (Å²) in [5, 5.41) is 17.0. The maximum Gasteiger partial charge on any atom is 0.267 e. The first-order chi connectivity index (χ1) is 12.2.